The summed E-state index contributed by atoms with van der Waals surface area (Å²) in [7, 11) is 0. The third kappa shape index (κ3) is 4.22. The highest BCUT2D eigenvalue weighted by molar-refractivity contribution is 6.46. The zero-order chi connectivity index (χ0) is 23.7. The maximum absolute atomic E-state index is 13.2. The number of amides is 4. The Kier molecular flexibility index (Phi) is 6.22. The van der Waals surface area contributed by atoms with Crippen LogP contribution in [0, 0.1) is 0 Å². The molecule has 1 aliphatic heterocycles. The lowest BCUT2D eigenvalue weighted by atomic mass is 10.1. The smallest absolute Gasteiger partial charge is 0.336 e. The van der Waals surface area contributed by atoms with Gasteiger partial charge in [-0.25, -0.2) is 9.69 Å². The average Bonchev–Trinajstić information content (AvgIpc) is 3.11. The largest absolute Gasteiger partial charge is 0.465 e. The minimum atomic E-state index is -0.934. The number of fused-ring (bicyclic) bond motifs is 1. The number of benzene rings is 2. The van der Waals surface area contributed by atoms with Crippen LogP contribution in [0.1, 0.15) is 12.5 Å². The monoisotopic (exact) mass is 485 g/mol. The SMILES string of the molecule is CCOC(=O)Cn1cc(/C=C2\C(=O)NC(=O)N(c3cccc(Cl)c3Cl)C2=O)c2ccccc21. The highest BCUT2D eigenvalue weighted by atomic mass is 35.5. The maximum atomic E-state index is 13.2. The van der Waals surface area contributed by atoms with E-state index < -0.39 is 23.8 Å². The molecule has 4 amide bonds. The maximum Gasteiger partial charge on any atom is 0.336 e. The van der Waals surface area contributed by atoms with Crippen molar-refractivity contribution in [1.82, 2.24) is 9.88 Å². The Bertz CT molecular complexity index is 1350. The van der Waals surface area contributed by atoms with Crippen molar-refractivity contribution in [3.63, 3.8) is 0 Å². The van der Waals surface area contributed by atoms with Gasteiger partial charge in [-0.1, -0.05) is 47.5 Å². The van der Waals surface area contributed by atoms with Gasteiger partial charge in [0.1, 0.15) is 12.1 Å². The molecule has 33 heavy (non-hydrogen) atoms. The number of urea groups is 1. The molecule has 2 aromatic carbocycles. The summed E-state index contributed by atoms with van der Waals surface area (Å²) < 4.78 is 6.69. The summed E-state index contributed by atoms with van der Waals surface area (Å²) in [4.78, 5) is 51.0. The predicted octanol–water partition coefficient (Wildman–Crippen LogP) is 4.18. The summed E-state index contributed by atoms with van der Waals surface area (Å²) >= 11 is 12.2. The first-order chi connectivity index (χ1) is 15.8. The number of carbonyl (C=O) groups is 4. The molecule has 0 unspecified atom stereocenters. The van der Waals surface area contributed by atoms with Crippen LogP contribution < -0.4 is 10.2 Å². The number of ether oxygens (including phenoxy) is 1. The van der Waals surface area contributed by atoms with Crippen LogP contribution in [0.15, 0.2) is 54.2 Å². The van der Waals surface area contributed by atoms with Gasteiger partial charge in [0, 0.05) is 22.7 Å². The fourth-order valence-electron chi connectivity index (χ4n) is 3.56. The van der Waals surface area contributed by atoms with Gasteiger partial charge in [-0.3, -0.25) is 19.7 Å². The normalized spacial score (nSPS) is 15.3. The Labute approximate surface area is 198 Å². The molecule has 1 saturated heterocycles. The number of aromatic nitrogens is 1. The zero-order valence-corrected chi connectivity index (χ0v) is 18.8. The van der Waals surface area contributed by atoms with E-state index in [4.69, 9.17) is 27.9 Å². The van der Waals surface area contributed by atoms with Crippen molar-refractivity contribution in [3.05, 3.63) is 69.8 Å². The topological polar surface area (TPSA) is 97.7 Å². The number of barbiturate groups is 1. The van der Waals surface area contributed by atoms with Crippen molar-refractivity contribution in [2.24, 2.45) is 0 Å². The van der Waals surface area contributed by atoms with Gasteiger partial charge in [0.2, 0.25) is 0 Å². The van der Waals surface area contributed by atoms with Crippen LogP contribution in [-0.4, -0.2) is 35.0 Å². The highest BCUT2D eigenvalue weighted by Crippen LogP contribution is 2.34. The Balaban J connectivity index is 1.79. The molecule has 0 radical (unpaired) electrons. The summed E-state index contributed by atoms with van der Waals surface area (Å²) in [5.41, 5.74) is 1.01. The summed E-state index contributed by atoms with van der Waals surface area (Å²) in [5, 5.41) is 3.02. The highest BCUT2D eigenvalue weighted by Gasteiger charge is 2.38. The lowest BCUT2D eigenvalue weighted by Gasteiger charge is -2.27. The van der Waals surface area contributed by atoms with Crippen LogP contribution in [0.4, 0.5) is 10.5 Å². The molecule has 168 valence electrons. The van der Waals surface area contributed by atoms with E-state index in [9.17, 15) is 19.2 Å². The first-order valence-corrected chi connectivity index (χ1v) is 10.7. The van der Waals surface area contributed by atoms with Crippen molar-refractivity contribution in [2.75, 3.05) is 11.5 Å². The van der Waals surface area contributed by atoms with E-state index in [-0.39, 0.29) is 34.5 Å². The van der Waals surface area contributed by atoms with Crippen molar-refractivity contribution in [2.45, 2.75) is 13.5 Å². The molecule has 0 atom stereocenters. The average molecular weight is 486 g/mol. The molecule has 1 fully saturated rings. The molecular formula is C23H17Cl2N3O5. The second kappa shape index (κ2) is 9.09. The van der Waals surface area contributed by atoms with Crippen LogP contribution in [0.5, 0.6) is 0 Å². The molecule has 3 aromatic rings. The standard InChI is InChI=1S/C23H17Cl2N3O5/c1-2-33-19(29)12-27-11-13(14-6-3-4-8-17(14)27)10-15-21(30)26-23(32)28(22(15)31)18-9-5-7-16(24)20(18)25/h3-11H,2,12H2,1H3,(H,26,30,32)/b15-10+. The van der Waals surface area contributed by atoms with Gasteiger partial charge in [0.05, 0.1) is 22.3 Å². The molecule has 2 heterocycles. The number of rotatable bonds is 5. The molecule has 0 spiro atoms. The van der Waals surface area contributed by atoms with Gasteiger partial charge >= 0.3 is 12.0 Å². The van der Waals surface area contributed by atoms with E-state index in [1.807, 2.05) is 0 Å². The predicted molar refractivity (Wildman–Crippen MR) is 124 cm³/mol. The van der Waals surface area contributed by atoms with E-state index in [1.54, 1.807) is 42.0 Å². The van der Waals surface area contributed by atoms with Crippen LogP contribution >= 0.6 is 23.2 Å². The summed E-state index contributed by atoms with van der Waals surface area (Å²) in [6.07, 6.45) is 3.02. The van der Waals surface area contributed by atoms with E-state index in [1.165, 1.54) is 24.3 Å². The van der Waals surface area contributed by atoms with Gasteiger partial charge < -0.3 is 9.30 Å². The summed E-state index contributed by atoms with van der Waals surface area (Å²) in [5.74, 6) is -2.12. The molecular weight excluding hydrogens is 469 g/mol. The minimum absolute atomic E-state index is 0.00223. The van der Waals surface area contributed by atoms with Crippen LogP contribution in [-0.2, 0) is 25.7 Å². The quantitative estimate of drug-likeness (QED) is 0.332. The van der Waals surface area contributed by atoms with Gasteiger partial charge in [0.25, 0.3) is 11.8 Å². The number of esters is 1. The Morgan fingerprint density at radius 3 is 2.61 bits per heavy atom. The number of anilines is 1. The number of carbonyl (C=O) groups excluding carboxylic acids is 4. The van der Waals surface area contributed by atoms with Crippen LogP contribution in [0.3, 0.4) is 0 Å². The van der Waals surface area contributed by atoms with Crippen molar-refractivity contribution in [1.29, 1.82) is 0 Å². The summed E-state index contributed by atoms with van der Waals surface area (Å²) in [6.45, 7) is 1.92. The molecule has 1 N–H and O–H groups in total. The van der Waals surface area contributed by atoms with Gasteiger partial charge in [-0.15, -0.1) is 0 Å². The van der Waals surface area contributed by atoms with Gasteiger partial charge in [0.15, 0.2) is 0 Å². The first-order valence-electron chi connectivity index (χ1n) is 9.90. The van der Waals surface area contributed by atoms with E-state index in [0.29, 0.717) is 16.5 Å². The number of para-hydroxylation sites is 1. The summed E-state index contributed by atoms with van der Waals surface area (Å²) in [6, 6.07) is 10.8. The van der Waals surface area contributed by atoms with E-state index >= 15 is 0 Å². The molecule has 8 nitrogen and oxygen atoms in total. The number of nitrogens with one attached hydrogen (secondary N) is 1. The van der Waals surface area contributed by atoms with Crippen molar-refractivity contribution in [3.8, 4) is 0 Å². The number of nitrogens with zero attached hydrogens (tertiary/aromatic N) is 2. The Hall–Kier alpha value is -3.62. The van der Waals surface area contributed by atoms with E-state index in [2.05, 4.69) is 5.32 Å². The van der Waals surface area contributed by atoms with Crippen LogP contribution in [0.2, 0.25) is 10.0 Å². The molecule has 4 rings (SSSR count). The first kappa shape index (κ1) is 22.6. The number of hydrogen-bond donors (Lipinski definition) is 1. The van der Waals surface area contributed by atoms with Crippen molar-refractivity contribution < 1.29 is 23.9 Å². The Morgan fingerprint density at radius 2 is 1.85 bits per heavy atom. The van der Waals surface area contributed by atoms with Gasteiger partial charge in [-0.2, -0.15) is 0 Å². The molecule has 0 aliphatic carbocycles. The molecule has 1 aliphatic rings. The second-order valence-corrected chi connectivity index (χ2v) is 7.85. The Morgan fingerprint density at radius 1 is 1.09 bits per heavy atom. The lowest BCUT2D eigenvalue weighted by Crippen LogP contribution is -2.54. The molecule has 10 heteroatoms. The third-order valence-corrected chi connectivity index (χ3v) is 5.81. The molecule has 0 saturated carbocycles. The third-order valence-electron chi connectivity index (χ3n) is 5.00. The molecule has 0 bridgehead atoms. The lowest BCUT2D eigenvalue weighted by molar-refractivity contribution is -0.143. The zero-order valence-electron chi connectivity index (χ0n) is 17.3. The fourth-order valence-corrected chi connectivity index (χ4v) is 3.94. The van der Waals surface area contributed by atoms with Gasteiger partial charge in [-0.05, 0) is 31.2 Å². The fraction of sp³-hybridized carbons (Fsp3) is 0.130. The van der Waals surface area contributed by atoms with Crippen molar-refractivity contribution >= 4 is 69.7 Å². The second-order valence-electron chi connectivity index (χ2n) is 7.07. The number of imide groups is 2. The van der Waals surface area contributed by atoms with Crippen LogP contribution in [0.25, 0.3) is 17.0 Å². The minimum Gasteiger partial charge on any atom is -0.465 e. The molecule has 1 aromatic heterocycles. The van der Waals surface area contributed by atoms with E-state index in [0.717, 1.165) is 4.90 Å². The number of hydrogen-bond acceptors (Lipinski definition) is 5. The number of halogens is 2.